The highest BCUT2D eigenvalue weighted by Crippen LogP contribution is 1.95. The van der Waals surface area contributed by atoms with Crippen molar-refractivity contribution in [1.82, 2.24) is 5.32 Å². The van der Waals surface area contributed by atoms with Gasteiger partial charge in [0.25, 0.3) is 0 Å². The number of hydrogen-bond donors (Lipinski definition) is 4. The Morgan fingerprint density at radius 1 is 1.33 bits per heavy atom. The second-order valence-electron chi connectivity index (χ2n) is 3.26. The van der Waals surface area contributed by atoms with Gasteiger partial charge in [-0.05, 0) is 19.3 Å². The molecule has 0 saturated carbocycles. The molecule has 1 atom stereocenters. The first-order valence-corrected chi connectivity index (χ1v) is 4.94. The fraction of sp³-hybridized carbons (Fsp3) is 0.778. The normalized spacial score (nSPS) is 12.1. The van der Waals surface area contributed by atoms with Crippen LogP contribution in [-0.4, -0.2) is 41.3 Å². The molecule has 0 bridgehead atoms. The number of aliphatic hydroxyl groups excluding tert-OH is 1. The van der Waals surface area contributed by atoms with Gasteiger partial charge in [-0.15, -0.1) is 0 Å². The van der Waals surface area contributed by atoms with E-state index in [1.165, 1.54) is 0 Å². The summed E-state index contributed by atoms with van der Waals surface area (Å²) in [6.45, 7) is 0.613. The number of nitrogens with two attached hydrogens (primary N) is 1. The topological polar surface area (TPSA) is 113 Å². The molecular weight excluding hydrogens is 200 g/mol. The van der Waals surface area contributed by atoms with Crippen LogP contribution in [0.15, 0.2) is 0 Å². The summed E-state index contributed by atoms with van der Waals surface area (Å²) in [5.41, 5.74) is 5.23. The summed E-state index contributed by atoms with van der Waals surface area (Å²) in [5, 5.41) is 19.5. The average Bonchev–Trinajstić information content (AvgIpc) is 2.20. The zero-order chi connectivity index (χ0) is 11.7. The molecule has 88 valence electrons. The molecule has 0 rings (SSSR count). The number of carbonyl (C=O) groups excluding carboxylic acids is 1. The molecule has 5 N–H and O–H groups in total. The van der Waals surface area contributed by atoms with Crippen LogP contribution < -0.4 is 11.1 Å². The minimum absolute atomic E-state index is 0.111. The van der Waals surface area contributed by atoms with Crippen molar-refractivity contribution in [3.63, 3.8) is 0 Å². The molecule has 0 spiro atoms. The minimum Gasteiger partial charge on any atom is -0.480 e. The molecule has 0 aromatic heterocycles. The summed E-state index contributed by atoms with van der Waals surface area (Å²) in [7, 11) is 0. The predicted octanol–water partition coefficient (Wildman–Crippen LogP) is -0.933. The zero-order valence-electron chi connectivity index (χ0n) is 8.61. The molecule has 6 heteroatoms. The third-order valence-electron chi connectivity index (χ3n) is 1.91. The Balaban J connectivity index is 3.45. The van der Waals surface area contributed by atoms with Crippen LogP contribution in [0.25, 0.3) is 0 Å². The number of aliphatic hydroxyl groups is 1. The molecule has 6 nitrogen and oxygen atoms in total. The number of rotatable bonds is 8. The van der Waals surface area contributed by atoms with Crippen LogP contribution >= 0.6 is 0 Å². The molecule has 0 aliphatic rings. The maximum absolute atomic E-state index is 11.1. The number of carboxylic acid groups (broad SMARTS) is 1. The molecule has 0 saturated heterocycles. The van der Waals surface area contributed by atoms with Gasteiger partial charge in [0, 0.05) is 19.6 Å². The van der Waals surface area contributed by atoms with Crippen LogP contribution in [0, 0.1) is 0 Å². The van der Waals surface area contributed by atoms with E-state index in [0.29, 0.717) is 19.4 Å². The van der Waals surface area contributed by atoms with Crippen molar-refractivity contribution in [2.45, 2.75) is 31.7 Å². The highest BCUT2D eigenvalue weighted by molar-refractivity contribution is 5.78. The SMILES string of the molecule is NC(CCC(=O)NCCCCO)C(=O)O. The number of unbranched alkanes of at least 4 members (excludes halogenated alkanes) is 1. The third kappa shape index (κ3) is 7.90. The van der Waals surface area contributed by atoms with E-state index >= 15 is 0 Å². The number of carboxylic acids is 1. The van der Waals surface area contributed by atoms with Gasteiger partial charge in [-0.1, -0.05) is 0 Å². The Morgan fingerprint density at radius 2 is 2.00 bits per heavy atom. The fourth-order valence-electron chi connectivity index (χ4n) is 0.963. The largest absolute Gasteiger partial charge is 0.480 e. The Kier molecular flexibility index (Phi) is 7.57. The van der Waals surface area contributed by atoms with Crippen LogP contribution in [-0.2, 0) is 9.59 Å². The number of amides is 1. The van der Waals surface area contributed by atoms with Gasteiger partial charge in [0.1, 0.15) is 6.04 Å². The predicted molar refractivity (Wildman–Crippen MR) is 54.2 cm³/mol. The lowest BCUT2D eigenvalue weighted by molar-refractivity contribution is -0.138. The van der Waals surface area contributed by atoms with Crippen molar-refractivity contribution < 1.29 is 19.8 Å². The summed E-state index contributed by atoms with van der Waals surface area (Å²) in [5.74, 6) is -1.30. The van der Waals surface area contributed by atoms with Gasteiger partial charge in [-0.25, -0.2) is 0 Å². The van der Waals surface area contributed by atoms with E-state index in [4.69, 9.17) is 15.9 Å². The van der Waals surface area contributed by atoms with Gasteiger partial charge in [-0.2, -0.15) is 0 Å². The summed E-state index contributed by atoms with van der Waals surface area (Å²) in [6.07, 6.45) is 1.62. The van der Waals surface area contributed by atoms with Crippen molar-refractivity contribution in [1.29, 1.82) is 0 Å². The van der Waals surface area contributed by atoms with Gasteiger partial charge in [-0.3, -0.25) is 9.59 Å². The van der Waals surface area contributed by atoms with E-state index in [-0.39, 0.29) is 25.4 Å². The summed E-state index contributed by atoms with van der Waals surface area (Å²) >= 11 is 0. The molecule has 0 radical (unpaired) electrons. The van der Waals surface area contributed by atoms with E-state index in [2.05, 4.69) is 5.32 Å². The first-order valence-electron chi connectivity index (χ1n) is 4.94. The van der Waals surface area contributed by atoms with Crippen LogP contribution in [0.3, 0.4) is 0 Å². The van der Waals surface area contributed by atoms with E-state index in [9.17, 15) is 9.59 Å². The molecule has 1 unspecified atom stereocenters. The molecule has 0 aliphatic carbocycles. The van der Waals surface area contributed by atoms with Crippen molar-refractivity contribution in [3.05, 3.63) is 0 Å². The molecule has 0 aromatic carbocycles. The lowest BCUT2D eigenvalue weighted by atomic mass is 10.1. The Hall–Kier alpha value is -1.14. The van der Waals surface area contributed by atoms with Crippen molar-refractivity contribution in [2.24, 2.45) is 5.73 Å². The van der Waals surface area contributed by atoms with E-state index in [0.717, 1.165) is 0 Å². The van der Waals surface area contributed by atoms with E-state index in [1.807, 2.05) is 0 Å². The Morgan fingerprint density at radius 3 is 2.53 bits per heavy atom. The van der Waals surface area contributed by atoms with Crippen molar-refractivity contribution >= 4 is 11.9 Å². The number of nitrogens with one attached hydrogen (secondary N) is 1. The summed E-state index contributed by atoms with van der Waals surface area (Å²) in [4.78, 5) is 21.4. The second kappa shape index (κ2) is 8.19. The van der Waals surface area contributed by atoms with Crippen LogP contribution in [0.1, 0.15) is 25.7 Å². The summed E-state index contributed by atoms with van der Waals surface area (Å²) in [6, 6.07) is -0.979. The van der Waals surface area contributed by atoms with Gasteiger partial charge in [0.2, 0.25) is 5.91 Å². The Labute approximate surface area is 88.5 Å². The van der Waals surface area contributed by atoms with Gasteiger partial charge >= 0.3 is 5.97 Å². The third-order valence-corrected chi connectivity index (χ3v) is 1.91. The lowest BCUT2D eigenvalue weighted by Crippen LogP contribution is -2.32. The van der Waals surface area contributed by atoms with Gasteiger partial charge in [0.05, 0.1) is 0 Å². The smallest absolute Gasteiger partial charge is 0.320 e. The second-order valence-corrected chi connectivity index (χ2v) is 3.26. The maximum atomic E-state index is 11.1. The van der Waals surface area contributed by atoms with E-state index < -0.39 is 12.0 Å². The fourth-order valence-corrected chi connectivity index (χ4v) is 0.963. The molecule has 0 fully saturated rings. The van der Waals surface area contributed by atoms with Crippen LogP contribution in [0.2, 0.25) is 0 Å². The first-order chi connectivity index (χ1) is 7.07. The van der Waals surface area contributed by atoms with Gasteiger partial charge in [0.15, 0.2) is 0 Å². The van der Waals surface area contributed by atoms with Crippen molar-refractivity contribution in [3.8, 4) is 0 Å². The molecule has 0 aromatic rings. The van der Waals surface area contributed by atoms with Crippen LogP contribution in [0.5, 0.6) is 0 Å². The number of carbonyl (C=O) groups is 2. The molecule has 1 amide bonds. The highest BCUT2D eigenvalue weighted by atomic mass is 16.4. The molecule has 0 aliphatic heterocycles. The zero-order valence-corrected chi connectivity index (χ0v) is 8.61. The molecular formula is C9H18N2O4. The monoisotopic (exact) mass is 218 g/mol. The molecule has 0 heterocycles. The quantitative estimate of drug-likeness (QED) is 0.393. The van der Waals surface area contributed by atoms with E-state index in [1.54, 1.807) is 0 Å². The molecule has 15 heavy (non-hydrogen) atoms. The van der Waals surface area contributed by atoms with Crippen molar-refractivity contribution in [2.75, 3.05) is 13.2 Å². The standard InChI is InChI=1S/C9H18N2O4/c10-7(9(14)15)3-4-8(13)11-5-1-2-6-12/h7,12H,1-6,10H2,(H,11,13)(H,14,15). The average molecular weight is 218 g/mol. The lowest BCUT2D eigenvalue weighted by Gasteiger charge is -2.06. The number of hydrogen-bond acceptors (Lipinski definition) is 4. The number of aliphatic carboxylic acids is 1. The highest BCUT2D eigenvalue weighted by Gasteiger charge is 2.12. The first kappa shape index (κ1) is 13.9. The Bertz CT molecular complexity index is 208. The van der Waals surface area contributed by atoms with Crippen LogP contribution in [0.4, 0.5) is 0 Å². The van der Waals surface area contributed by atoms with Gasteiger partial charge < -0.3 is 21.3 Å². The summed E-state index contributed by atoms with van der Waals surface area (Å²) < 4.78 is 0. The minimum atomic E-state index is -1.09. The maximum Gasteiger partial charge on any atom is 0.320 e.